The highest BCUT2D eigenvalue weighted by Gasteiger charge is 2.32. The molecule has 20 nitrogen and oxygen atoms in total. The molecule has 2 aromatic heterocycles. The average Bonchev–Trinajstić information content (AvgIpc) is 3.29. The van der Waals surface area contributed by atoms with E-state index >= 15 is 0 Å². The summed E-state index contributed by atoms with van der Waals surface area (Å²) in [7, 11) is 0. The number of carbonyl (C=O) groups is 4. The smallest absolute Gasteiger partial charge is 0.254 e. The van der Waals surface area contributed by atoms with E-state index in [9.17, 15) is 19.2 Å². The summed E-state index contributed by atoms with van der Waals surface area (Å²) in [5, 5.41) is 18.1. The van der Waals surface area contributed by atoms with Crippen LogP contribution in [0.1, 0.15) is 79.0 Å². The van der Waals surface area contributed by atoms with Crippen molar-refractivity contribution < 1.29 is 57.1 Å². The first-order valence-corrected chi connectivity index (χ1v) is 24.0. The minimum atomic E-state index is -0.321. The summed E-state index contributed by atoms with van der Waals surface area (Å²) in [4.78, 5) is 57.5. The van der Waals surface area contributed by atoms with Crippen molar-refractivity contribution in [1.82, 2.24) is 41.9 Å². The molecule has 2 atom stereocenters. The van der Waals surface area contributed by atoms with Crippen molar-refractivity contribution in [2.24, 2.45) is 0 Å². The zero-order valence-corrected chi connectivity index (χ0v) is 40.2. The third-order valence-electron chi connectivity index (χ3n) is 10.4. The molecule has 0 saturated carbocycles. The van der Waals surface area contributed by atoms with Crippen molar-refractivity contribution >= 4 is 46.8 Å². The number of carbonyl (C=O) groups excluding carboxylic acids is 4. The Balaban J connectivity index is 0.820. The molecule has 67 heavy (non-hydrogen) atoms. The van der Waals surface area contributed by atoms with Gasteiger partial charge in [-0.1, -0.05) is 23.2 Å². The lowest BCUT2D eigenvalue weighted by molar-refractivity contribution is -0.126. The molecule has 22 heteroatoms. The largest absolute Gasteiger partial charge is 0.490 e. The maximum absolute atomic E-state index is 12.6. The minimum absolute atomic E-state index is 0.0591. The molecule has 6 N–H and O–H groups in total. The molecule has 0 spiro atoms. The molecule has 0 unspecified atom stereocenters. The SMILES string of the molecule is C[C@@]1(COc2cnc(Cl)c(C(=O)NCCCOCCOCCOCCCNC(=O)CCC(=O)NCCCOCCOCCOCCCNC(=O)c3cc(OC[C@@H]4CCN4)cnc3Cl)c2)CCN1. The Morgan fingerprint density at radius 3 is 1.37 bits per heavy atom. The molecular formula is C45H70Cl2N8O12. The number of ether oxygens (including phenoxy) is 8. The van der Waals surface area contributed by atoms with Gasteiger partial charge in [-0.15, -0.1) is 0 Å². The van der Waals surface area contributed by atoms with E-state index in [1.54, 1.807) is 12.1 Å². The Kier molecular flexibility index (Phi) is 27.8. The summed E-state index contributed by atoms with van der Waals surface area (Å²) in [5.41, 5.74) is 0.477. The maximum atomic E-state index is 12.6. The van der Waals surface area contributed by atoms with Crippen molar-refractivity contribution in [3.05, 3.63) is 46.0 Å². The Bertz CT molecular complexity index is 1760. The Labute approximate surface area is 403 Å². The zero-order chi connectivity index (χ0) is 47.8. The lowest BCUT2D eigenvalue weighted by atomic mass is 9.91. The number of hydrogen-bond donors (Lipinski definition) is 6. The molecule has 4 amide bonds. The first-order chi connectivity index (χ1) is 32.6. The van der Waals surface area contributed by atoms with Gasteiger partial charge in [-0.25, -0.2) is 9.97 Å². The molecular weight excluding hydrogens is 915 g/mol. The number of pyridine rings is 2. The van der Waals surface area contributed by atoms with Crippen molar-refractivity contribution in [2.75, 3.05) is 132 Å². The topological polar surface area (TPSA) is 240 Å². The van der Waals surface area contributed by atoms with Crippen LogP contribution >= 0.6 is 23.2 Å². The predicted octanol–water partition coefficient (Wildman–Crippen LogP) is 2.49. The molecule has 2 aliphatic heterocycles. The maximum Gasteiger partial charge on any atom is 0.254 e. The number of hydrogen-bond acceptors (Lipinski definition) is 16. The standard InChI is InChI=1S/C45H70Cl2N8O12/c1-45(9-15-55-45)33-67-36-29-38(42(47)54-31-36)44(59)52-13-5-19-63-23-27-65-25-21-61-17-3-11-50-40(57)7-6-39(56)49-10-2-16-60-20-24-64-26-22-62-18-4-12-51-43(58)37-28-35(30-53-41(37)46)66-32-34-8-14-48-34/h28-31,34,48,55H,2-27,32-33H2,1H3,(H,49,56)(H,50,57)(H,51,58)(H,52,59)/t34-,45-/m0/s1. The quantitative estimate of drug-likeness (QED) is 0.0417. The Morgan fingerprint density at radius 1 is 0.612 bits per heavy atom. The molecule has 4 rings (SSSR count). The van der Waals surface area contributed by atoms with E-state index in [1.165, 1.54) is 12.4 Å². The second-order valence-electron chi connectivity index (χ2n) is 16.1. The Morgan fingerprint density at radius 2 is 1.00 bits per heavy atom. The van der Waals surface area contributed by atoms with Gasteiger partial charge in [0.1, 0.15) is 35.0 Å². The minimum Gasteiger partial charge on any atom is -0.490 e. The average molecular weight is 986 g/mol. The lowest BCUT2D eigenvalue weighted by Gasteiger charge is -2.39. The first-order valence-electron chi connectivity index (χ1n) is 23.2. The van der Waals surface area contributed by atoms with Crippen LogP contribution in [0.5, 0.6) is 11.5 Å². The molecule has 2 saturated heterocycles. The molecule has 2 fully saturated rings. The van der Waals surface area contributed by atoms with E-state index in [-0.39, 0.29) is 63.4 Å². The number of nitrogens with one attached hydrogen (secondary N) is 6. The highest BCUT2D eigenvalue weighted by atomic mass is 35.5. The zero-order valence-electron chi connectivity index (χ0n) is 38.7. The summed E-state index contributed by atoms with van der Waals surface area (Å²) >= 11 is 12.3. The molecule has 0 radical (unpaired) electrons. The van der Waals surface area contributed by atoms with E-state index in [0.29, 0.717) is 162 Å². The van der Waals surface area contributed by atoms with Crippen molar-refractivity contribution in [3.63, 3.8) is 0 Å². The fourth-order valence-corrected chi connectivity index (χ4v) is 6.55. The first kappa shape index (κ1) is 55.6. The number of nitrogens with zero attached hydrogens (tertiary/aromatic N) is 2. The van der Waals surface area contributed by atoms with Gasteiger partial charge in [-0.3, -0.25) is 19.2 Å². The highest BCUT2D eigenvalue weighted by Crippen LogP contribution is 2.23. The van der Waals surface area contributed by atoms with Crippen LogP contribution in [0, 0.1) is 0 Å². The van der Waals surface area contributed by atoms with E-state index in [2.05, 4.69) is 48.8 Å². The summed E-state index contributed by atoms with van der Waals surface area (Å²) < 4.78 is 44.8. The number of amides is 4. The summed E-state index contributed by atoms with van der Waals surface area (Å²) in [6, 6.07) is 3.54. The molecule has 4 heterocycles. The molecule has 2 aliphatic rings. The Hall–Kier alpha value is -3.96. The molecule has 376 valence electrons. The second-order valence-corrected chi connectivity index (χ2v) is 16.8. The van der Waals surface area contributed by atoms with Crippen molar-refractivity contribution in [1.29, 1.82) is 0 Å². The summed E-state index contributed by atoms with van der Waals surface area (Å²) in [6.07, 6.45) is 7.86. The van der Waals surface area contributed by atoms with Gasteiger partial charge in [0.15, 0.2) is 0 Å². The van der Waals surface area contributed by atoms with Crippen LogP contribution in [0.25, 0.3) is 0 Å². The third kappa shape index (κ3) is 24.2. The van der Waals surface area contributed by atoms with Crippen LogP contribution in [-0.4, -0.2) is 177 Å². The molecule has 0 aliphatic carbocycles. The fraction of sp³-hybridized carbons (Fsp3) is 0.689. The number of rotatable bonds is 39. The van der Waals surface area contributed by atoms with Crippen LogP contribution in [0.3, 0.4) is 0 Å². The van der Waals surface area contributed by atoms with E-state index < -0.39 is 0 Å². The van der Waals surface area contributed by atoms with E-state index in [1.807, 2.05) is 0 Å². The summed E-state index contributed by atoms with van der Waals surface area (Å²) in [5.74, 6) is -0.0134. The van der Waals surface area contributed by atoms with Crippen LogP contribution < -0.4 is 41.4 Å². The molecule has 0 aromatic carbocycles. The molecule has 2 aromatic rings. The van der Waals surface area contributed by atoms with Gasteiger partial charge >= 0.3 is 0 Å². The van der Waals surface area contributed by atoms with Gasteiger partial charge in [0.05, 0.1) is 81.9 Å². The third-order valence-corrected chi connectivity index (χ3v) is 11.0. The number of halogens is 2. The van der Waals surface area contributed by atoms with Gasteiger partial charge in [0.25, 0.3) is 11.8 Å². The lowest BCUT2D eigenvalue weighted by Crippen LogP contribution is -2.58. The monoisotopic (exact) mass is 984 g/mol. The van der Waals surface area contributed by atoms with Gasteiger partial charge in [0, 0.05) is 71.5 Å². The van der Waals surface area contributed by atoms with E-state index in [0.717, 1.165) is 25.9 Å². The normalized spacial score (nSPS) is 16.4. The molecule has 0 bridgehead atoms. The highest BCUT2D eigenvalue weighted by molar-refractivity contribution is 6.33. The summed E-state index contributed by atoms with van der Waals surface area (Å²) in [6.45, 7) is 12.0. The number of aromatic nitrogens is 2. The van der Waals surface area contributed by atoms with Gasteiger partial charge < -0.3 is 69.8 Å². The van der Waals surface area contributed by atoms with Crippen LogP contribution in [-0.2, 0) is 38.0 Å². The predicted molar refractivity (Wildman–Crippen MR) is 250 cm³/mol. The van der Waals surface area contributed by atoms with Crippen LogP contribution in [0.15, 0.2) is 24.5 Å². The van der Waals surface area contributed by atoms with Crippen LogP contribution in [0.2, 0.25) is 10.3 Å². The van der Waals surface area contributed by atoms with Gasteiger partial charge in [0.2, 0.25) is 11.8 Å². The van der Waals surface area contributed by atoms with Crippen molar-refractivity contribution in [2.45, 2.75) is 69.9 Å². The fourth-order valence-electron chi connectivity index (χ4n) is 6.17. The second kappa shape index (κ2) is 33.5. The van der Waals surface area contributed by atoms with Crippen LogP contribution in [0.4, 0.5) is 0 Å². The van der Waals surface area contributed by atoms with Crippen molar-refractivity contribution in [3.8, 4) is 11.5 Å². The van der Waals surface area contributed by atoms with Gasteiger partial charge in [-0.05, 0) is 70.7 Å². The van der Waals surface area contributed by atoms with Gasteiger partial charge in [-0.2, -0.15) is 0 Å². The van der Waals surface area contributed by atoms with E-state index in [4.69, 9.17) is 61.1 Å².